The van der Waals surface area contributed by atoms with Crippen molar-refractivity contribution < 1.29 is 18.7 Å². The van der Waals surface area contributed by atoms with Crippen molar-refractivity contribution in [2.24, 2.45) is 0 Å². The molecule has 0 radical (unpaired) electrons. The monoisotopic (exact) mass is 412 g/mol. The molecule has 0 atom stereocenters. The number of rotatable bonds is 7. The highest BCUT2D eigenvalue weighted by molar-refractivity contribution is 7.98. The van der Waals surface area contributed by atoms with Crippen LogP contribution < -0.4 is 15.4 Å². The van der Waals surface area contributed by atoms with Crippen LogP contribution in [-0.2, 0) is 29.4 Å². The van der Waals surface area contributed by atoms with Gasteiger partial charge in [0, 0.05) is 17.1 Å². The maximum absolute atomic E-state index is 12.9. The molecular weight excluding hydrogens is 392 g/mol. The fourth-order valence-corrected chi connectivity index (χ4v) is 4.15. The van der Waals surface area contributed by atoms with E-state index in [-0.39, 0.29) is 18.4 Å². The van der Waals surface area contributed by atoms with Crippen LogP contribution >= 0.6 is 11.8 Å². The third-order valence-electron chi connectivity index (χ3n) is 4.54. The summed E-state index contributed by atoms with van der Waals surface area (Å²) in [6, 6.07) is 10.6. The lowest BCUT2D eigenvalue weighted by molar-refractivity contribution is -0.122. The van der Waals surface area contributed by atoms with Gasteiger partial charge in [0.15, 0.2) is 0 Å². The van der Waals surface area contributed by atoms with E-state index >= 15 is 0 Å². The zero-order valence-corrected chi connectivity index (χ0v) is 16.6. The van der Waals surface area contributed by atoms with Gasteiger partial charge in [-0.15, -0.1) is 0 Å². The molecule has 8 nitrogen and oxygen atoms in total. The van der Waals surface area contributed by atoms with E-state index in [0.717, 1.165) is 22.8 Å². The molecule has 0 saturated heterocycles. The van der Waals surface area contributed by atoms with E-state index < -0.39 is 0 Å². The van der Waals surface area contributed by atoms with Crippen molar-refractivity contribution in [2.75, 3.05) is 12.4 Å². The number of amides is 2. The number of hydrogen-bond donors (Lipinski definition) is 2. The Morgan fingerprint density at radius 3 is 2.90 bits per heavy atom. The van der Waals surface area contributed by atoms with Crippen LogP contribution in [0.3, 0.4) is 0 Å². The molecule has 2 N–H and O–H groups in total. The molecule has 4 rings (SSSR count). The van der Waals surface area contributed by atoms with Gasteiger partial charge in [0.05, 0.1) is 31.2 Å². The number of thioether (sulfide) groups is 1. The first kappa shape index (κ1) is 19.1. The Balaban J connectivity index is 1.52. The lowest BCUT2D eigenvalue weighted by Gasteiger charge is -2.12. The minimum Gasteiger partial charge on any atom is -0.496 e. The molecule has 150 valence electrons. The quantitative estimate of drug-likeness (QED) is 0.619. The Morgan fingerprint density at radius 2 is 2.10 bits per heavy atom. The standard InChI is InChI=1S/C20H20N4O4S/c1-27-17-7-3-2-6-14(17)20(26)22-19-15-11-29-12-16(15)23-24(19)10-18(25)21-9-13-5-4-8-28-13/h2-8H,9-12H2,1H3,(H,21,25)(H,22,26). The Hall–Kier alpha value is -3.20. The maximum Gasteiger partial charge on any atom is 0.260 e. The molecule has 0 unspecified atom stereocenters. The SMILES string of the molecule is COc1ccccc1C(=O)Nc1c2c(nn1CC(=O)NCc1ccco1)CSC2. The van der Waals surface area contributed by atoms with Crippen molar-refractivity contribution in [3.05, 3.63) is 65.2 Å². The number of anilines is 1. The van der Waals surface area contributed by atoms with Crippen molar-refractivity contribution in [3.8, 4) is 5.75 Å². The van der Waals surface area contributed by atoms with Gasteiger partial charge in [-0.05, 0) is 24.3 Å². The fourth-order valence-electron chi connectivity index (χ4n) is 3.12. The Labute approximate surface area is 171 Å². The summed E-state index contributed by atoms with van der Waals surface area (Å²) in [5.74, 6) is 2.68. The number of carbonyl (C=O) groups is 2. The molecule has 3 heterocycles. The summed E-state index contributed by atoms with van der Waals surface area (Å²) in [5.41, 5.74) is 2.27. The van der Waals surface area contributed by atoms with Crippen LogP contribution in [0.5, 0.6) is 5.75 Å². The molecule has 0 bridgehead atoms. The van der Waals surface area contributed by atoms with Gasteiger partial charge < -0.3 is 19.8 Å². The topological polar surface area (TPSA) is 98.4 Å². The van der Waals surface area contributed by atoms with E-state index in [1.165, 1.54) is 7.11 Å². The second-order valence-electron chi connectivity index (χ2n) is 6.43. The van der Waals surface area contributed by atoms with Gasteiger partial charge in [-0.25, -0.2) is 4.68 Å². The van der Waals surface area contributed by atoms with E-state index in [2.05, 4.69) is 15.7 Å². The summed E-state index contributed by atoms with van der Waals surface area (Å²) < 4.78 is 12.1. The van der Waals surface area contributed by atoms with E-state index in [4.69, 9.17) is 9.15 Å². The summed E-state index contributed by atoms with van der Waals surface area (Å²) in [5, 5.41) is 10.3. The summed E-state index contributed by atoms with van der Waals surface area (Å²) in [6.07, 6.45) is 1.56. The van der Waals surface area contributed by atoms with E-state index in [9.17, 15) is 9.59 Å². The fraction of sp³-hybridized carbons (Fsp3) is 0.250. The summed E-state index contributed by atoms with van der Waals surface area (Å²) >= 11 is 1.73. The molecule has 0 fully saturated rings. The summed E-state index contributed by atoms with van der Waals surface area (Å²) in [7, 11) is 1.52. The van der Waals surface area contributed by atoms with E-state index in [1.807, 2.05) is 0 Å². The van der Waals surface area contributed by atoms with E-state index in [0.29, 0.717) is 29.4 Å². The molecular formula is C20H20N4O4S. The first-order valence-corrected chi connectivity index (χ1v) is 10.2. The number of hydrogen-bond acceptors (Lipinski definition) is 6. The number of ether oxygens (including phenoxy) is 1. The molecule has 1 aliphatic rings. The molecule has 3 aromatic rings. The number of para-hydroxylation sites is 1. The largest absolute Gasteiger partial charge is 0.496 e. The number of benzene rings is 1. The van der Waals surface area contributed by atoms with Gasteiger partial charge >= 0.3 is 0 Å². The number of methoxy groups -OCH3 is 1. The van der Waals surface area contributed by atoms with Crippen molar-refractivity contribution in [1.29, 1.82) is 0 Å². The predicted octanol–water partition coefficient (Wildman–Crippen LogP) is 2.80. The highest BCUT2D eigenvalue weighted by atomic mass is 32.2. The average molecular weight is 412 g/mol. The molecule has 9 heteroatoms. The number of aromatic nitrogens is 2. The zero-order valence-electron chi connectivity index (χ0n) is 15.8. The summed E-state index contributed by atoms with van der Waals surface area (Å²) in [6.45, 7) is 0.297. The minimum atomic E-state index is -0.306. The van der Waals surface area contributed by atoms with Gasteiger partial charge in [0.2, 0.25) is 5.91 Å². The van der Waals surface area contributed by atoms with Crippen LogP contribution in [0, 0.1) is 0 Å². The van der Waals surface area contributed by atoms with Crippen LogP contribution in [-0.4, -0.2) is 28.7 Å². The van der Waals surface area contributed by atoms with Crippen molar-refractivity contribution in [1.82, 2.24) is 15.1 Å². The second kappa shape index (κ2) is 8.44. The molecule has 2 aromatic heterocycles. The van der Waals surface area contributed by atoms with E-state index in [1.54, 1.807) is 59.1 Å². The lowest BCUT2D eigenvalue weighted by atomic mass is 10.2. The van der Waals surface area contributed by atoms with Crippen molar-refractivity contribution in [3.63, 3.8) is 0 Å². The number of fused-ring (bicyclic) bond motifs is 1. The molecule has 2 amide bonds. The minimum absolute atomic E-state index is 0.0000861. The molecule has 0 saturated carbocycles. The Morgan fingerprint density at radius 1 is 1.24 bits per heavy atom. The normalized spacial score (nSPS) is 12.4. The number of carbonyl (C=O) groups excluding carboxylic acids is 2. The molecule has 29 heavy (non-hydrogen) atoms. The molecule has 0 spiro atoms. The van der Waals surface area contributed by atoms with Gasteiger partial charge in [0.25, 0.3) is 5.91 Å². The van der Waals surface area contributed by atoms with Gasteiger partial charge in [0.1, 0.15) is 23.9 Å². The summed E-state index contributed by atoms with van der Waals surface area (Å²) in [4.78, 5) is 25.3. The first-order chi connectivity index (χ1) is 14.2. The van der Waals surface area contributed by atoms with Gasteiger partial charge in [-0.2, -0.15) is 16.9 Å². The van der Waals surface area contributed by atoms with Crippen molar-refractivity contribution in [2.45, 2.75) is 24.6 Å². The van der Waals surface area contributed by atoms with Gasteiger partial charge in [-0.3, -0.25) is 9.59 Å². The van der Waals surface area contributed by atoms with Gasteiger partial charge in [-0.1, -0.05) is 12.1 Å². The third kappa shape index (κ3) is 4.14. The maximum atomic E-state index is 12.9. The van der Waals surface area contributed by atoms with Crippen LogP contribution in [0.2, 0.25) is 0 Å². The number of nitrogens with one attached hydrogen (secondary N) is 2. The number of nitrogens with zero attached hydrogens (tertiary/aromatic N) is 2. The average Bonchev–Trinajstić information content (AvgIpc) is 3.46. The highest BCUT2D eigenvalue weighted by Gasteiger charge is 2.26. The van der Waals surface area contributed by atoms with Crippen LogP contribution in [0.1, 0.15) is 27.4 Å². The van der Waals surface area contributed by atoms with Crippen LogP contribution in [0.15, 0.2) is 47.1 Å². The Bertz CT molecular complexity index is 1030. The Kier molecular flexibility index (Phi) is 5.57. The van der Waals surface area contributed by atoms with Crippen LogP contribution in [0.25, 0.3) is 0 Å². The first-order valence-electron chi connectivity index (χ1n) is 9.05. The lowest BCUT2D eigenvalue weighted by Crippen LogP contribution is -2.28. The number of furan rings is 1. The molecule has 0 aliphatic carbocycles. The smallest absolute Gasteiger partial charge is 0.260 e. The predicted molar refractivity (Wildman–Crippen MR) is 109 cm³/mol. The third-order valence-corrected chi connectivity index (χ3v) is 5.51. The van der Waals surface area contributed by atoms with Crippen molar-refractivity contribution >= 4 is 29.4 Å². The second-order valence-corrected chi connectivity index (χ2v) is 7.42. The highest BCUT2D eigenvalue weighted by Crippen LogP contribution is 2.35. The van der Waals surface area contributed by atoms with Crippen LogP contribution in [0.4, 0.5) is 5.82 Å². The molecule has 1 aromatic carbocycles. The zero-order chi connectivity index (χ0) is 20.2. The molecule has 1 aliphatic heterocycles.